The van der Waals surface area contributed by atoms with Crippen molar-refractivity contribution in [3.8, 4) is 16.9 Å². The molecule has 0 saturated carbocycles. The highest BCUT2D eigenvalue weighted by molar-refractivity contribution is 5.78. The number of ether oxygens (including phenoxy) is 1. The highest BCUT2D eigenvalue weighted by Crippen LogP contribution is 2.33. The van der Waals surface area contributed by atoms with Crippen LogP contribution in [0.5, 0.6) is 5.75 Å². The van der Waals surface area contributed by atoms with Crippen LogP contribution in [-0.2, 0) is 0 Å². The van der Waals surface area contributed by atoms with Gasteiger partial charge in [-0.2, -0.15) is 4.68 Å². The molecule has 1 aromatic heterocycles. The lowest BCUT2D eigenvalue weighted by atomic mass is 9.99. The zero-order valence-electron chi connectivity index (χ0n) is 15.9. The third-order valence-electron chi connectivity index (χ3n) is 5.09. The molecule has 0 aliphatic carbocycles. The van der Waals surface area contributed by atoms with E-state index in [2.05, 4.69) is 63.3 Å². The number of fused-ring (bicyclic) bond motifs is 1. The number of methoxy groups -OCH3 is 1. The van der Waals surface area contributed by atoms with E-state index in [0.717, 1.165) is 22.6 Å². The molecule has 1 N–H and O–H groups in total. The molecule has 0 spiro atoms. The average Bonchev–Trinajstić information content (AvgIpc) is 3.28. The van der Waals surface area contributed by atoms with E-state index in [9.17, 15) is 0 Å². The van der Waals surface area contributed by atoms with Gasteiger partial charge in [-0.3, -0.25) is 0 Å². The van der Waals surface area contributed by atoms with E-state index in [1.54, 1.807) is 11.8 Å². The topological polar surface area (TPSA) is 64.9 Å². The molecule has 142 valence electrons. The van der Waals surface area contributed by atoms with Gasteiger partial charge in [0, 0.05) is 5.70 Å². The molecule has 5 rings (SSSR count). The SMILES string of the molecule is COc1ccc([C@@H]2C=C(c3ccc(-c4ccccc4)cc3)Nc3nnnn32)cc1. The van der Waals surface area contributed by atoms with Crippen LogP contribution in [0, 0.1) is 0 Å². The molecule has 0 radical (unpaired) electrons. The van der Waals surface area contributed by atoms with Gasteiger partial charge < -0.3 is 10.1 Å². The Balaban J connectivity index is 1.50. The van der Waals surface area contributed by atoms with Crippen molar-refractivity contribution in [3.63, 3.8) is 0 Å². The van der Waals surface area contributed by atoms with Crippen LogP contribution in [0.4, 0.5) is 5.95 Å². The van der Waals surface area contributed by atoms with Crippen molar-refractivity contribution in [1.29, 1.82) is 0 Å². The van der Waals surface area contributed by atoms with E-state index in [4.69, 9.17) is 4.74 Å². The maximum absolute atomic E-state index is 5.27. The Bertz CT molecular complexity index is 1150. The second-order valence-electron chi connectivity index (χ2n) is 6.81. The second kappa shape index (κ2) is 7.24. The first-order valence-electron chi connectivity index (χ1n) is 9.38. The summed E-state index contributed by atoms with van der Waals surface area (Å²) in [5, 5.41) is 15.5. The van der Waals surface area contributed by atoms with Crippen molar-refractivity contribution in [1.82, 2.24) is 20.2 Å². The van der Waals surface area contributed by atoms with Gasteiger partial charge in [-0.05, 0) is 50.9 Å². The van der Waals surface area contributed by atoms with Crippen LogP contribution < -0.4 is 10.1 Å². The quantitative estimate of drug-likeness (QED) is 0.567. The van der Waals surface area contributed by atoms with Crippen molar-refractivity contribution in [2.75, 3.05) is 12.4 Å². The molecular weight excluding hydrogens is 362 g/mol. The number of aromatic nitrogens is 4. The molecule has 1 aliphatic heterocycles. The first-order chi connectivity index (χ1) is 14.3. The Morgan fingerprint density at radius 3 is 2.24 bits per heavy atom. The summed E-state index contributed by atoms with van der Waals surface area (Å²) in [6.45, 7) is 0. The molecule has 3 aromatic carbocycles. The molecule has 0 bridgehead atoms. The summed E-state index contributed by atoms with van der Waals surface area (Å²) in [7, 11) is 1.66. The van der Waals surface area contributed by atoms with E-state index in [0.29, 0.717) is 5.95 Å². The van der Waals surface area contributed by atoms with Crippen molar-refractivity contribution < 1.29 is 4.74 Å². The van der Waals surface area contributed by atoms with Crippen molar-refractivity contribution in [3.05, 3.63) is 96.1 Å². The second-order valence-corrected chi connectivity index (χ2v) is 6.81. The number of anilines is 1. The molecule has 2 heterocycles. The number of rotatable bonds is 4. The molecule has 4 aromatic rings. The molecule has 6 nitrogen and oxygen atoms in total. The number of allylic oxidation sites excluding steroid dienone is 1. The minimum absolute atomic E-state index is 0.101. The largest absolute Gasteiger partial charge is 0.497 e. The molecule has 6 heteroatoms. The van der Waals surface area contributed by atoms with Gasteiger partial charge in [0.25, 0.3) is 0 Å². The maximum Gasteiger partial charge on any atom is 0.248 e. The third kappa shape index (κ3) is 3.25. The fourth-order valence-electron chi connectivity index (χ4n) is 3.53. The predicted molar refractivity (Wildman–Crippen MR) is 112 cm³/mol. The zero-order chi connectivity index (χ0) is 19.6. The standard InChI is InChI=1S/C23H19N5O/c1-29-20-13-11-19(12-14-20)22-15-21(24-23-25-26-27-28(22)23)18-9-7-17(8-10-18)16-5-3-2-4-6-16/h2-15,22H,1H3,(H,24,25,27)/t22-/m0/s1. The van der Waals surface area contributed by atoms with Gasteiger partial charge in [0.1, 0.15) is 11.8 Å². The van der Waals surface area contributed by atoms with Crippen molar-refractivity contribution in [2.24, 2.45) is 0 Å². The lowest BCUT2D eigenvalue weighted by Gasteiger charge is -2.23. The summed E-state index contributed by atoms with van der Waals surface area (Å²) in [5.74, 6) is 1.44. The van der Waals surface area contributed by atoms with Crippen LogP contribution in [-0.4, -0.2) is 27.3 Å². The predicted octanol–water partition coefficient (Wildman–Crippen LogP) is 4.40. The van der Waals surface area contributed by atoms with E-state index in [1.165, 1.54) is 11.1 Å². The van der Waals surface area contributed by atoms with Crippen LogP contribution in [0.15, 0.2) is 84.9 Å². The first kappa shape index (κ1) is 17.2. The lowest BCUT2D eigenvalue weighted by Crippen LogP contribution is -2.20. The van der Waals surface area contributed by atoms with Crippen LogP contribution >= 0.6 is 0 Å². The van der Waals surface area contributed by atoms with Crippen molar-refractivity contribution >= 4 is 11.6 Å². The molecule has 1 aliphatic rings. The highest BCUT2D eigenvalue weighted by atomic mass is 16.5. The third-order valence-corrected chi connectivity index (χ3v) is 5.09. The Morgan fingerprint density at radius 1 is 0.828 bits per heavy atom. The number of nitrogens with one attached hydrogen (secondary N) is 1. The van der Waals surface area contributed by atoms with Gasteiger partial charge in [0.05, 0.1) is 7.11 Å². The molecule has 0 amide bonds. The molecule has 29 heavy (non-hydrogen) atoms. The molecule has 0 fully saturated rings. The molecule has 0 saturated heterocycles. The van der Waals surface area contributed by atoms with Crippen LogP contribution in [0.3, 0.4) is 0 Å². The number of nitrogens with zero attached hydrogens (tertiary/aromatic N) is 4. The molecule has 1 atom stereocenters. The van der Waals surface area contributed by atoms with Gasteiger partial charge in [0.15, 0.2) is 0 Å². The Morgan fingerprint density at radius 2 is 1.52 bits per heavy atom. The van der Waals surface area contributed by atoms with Gasteiger partial charge in [-0.1, -0.05) is 71.8 Å². The molecular formula is C23H19N5O. The van der Waals surface area contributed by atoms with Gasteiger partial charge in [0.2, 0.25) is 5.95 Å². The lowest BCUT2D eigenvalue weighted by molar-refractivity contribution is 0.414. The summed E-state index contributed by atoms with van der Waals surface area (Å²) in [6, 6.07) is 26.7. The van der Waals surface area contributed by atoms with Crippen LogP contribution in [0.25, 0.3) is 16.8 Å². The maximum atomic E-state index is 5.27. The first-order valence-corrected chi connectivity index (χ1v) is 9.38. The minimum Gasteiger partial charge on any atom is -0.497 e. The molecule has 0 unspecified atom stereocenters. The normalized spacial score (nSPS) is 15.2. The fourth-order valence-corrected chi connectivity index (χ4v) is 3.53. The van der Waals surface area contributed by atoms with Gasteiger partial charge >= 0.3 is 0 Å². The monoisotopic (exact) mass is 381 g/mol. The summed E-state index contributed by atoms with van der Waals surface area (Å²) in [6.07, 6.45) is 2.14. The highest BCUT2D eigenvalue weighted by Gasteiger charge is 2.24. The zero-order valence-corrected chi connectivity index (χ0v) is 15.9. The fraction of sp³-hybridized carbons (Fsp3) is 0.0870. The number of tetrazole rings is 1. The Labute approximate surface area is 168 Å². The summed E-state index contributed by atoms with van der Waals surface area (Å²) in [5.41, 5.74) is 5.52. The van der Waals surface area contributed by atoms with Gasteiger partial charge in [-0.25, -0.2) is 0 Å². The van der Waals surface area contributed by atoms with E-state index in [1.807, 2.05) is 42.5 Å². The van der Waals surface area contributed by atoms with Crippen LogP contribution in [0.2, 0.25) is 0 Å². The Hall–Kier alpha value is -3.93. The van der Waals surface area contributed by atoms with Crippen molar-refractivity contribution in [2.45, 2.75) is 6.04 Å². The average molecular weight is 381 g/mol. The summed E-state index contributed by atoms with van der Waals surface area (Å²) in [4.78, 5) is 0. The Kier molecular flexibility index (Phi) is 4.29. The number of hydrogen-bond acceptors (Lipinski definition) is 5. The number of hydrogen-bond donors (Lipinski definition) is 1. The summed E-state index contributed by atoms with van der Waals surface area (Å²) < 4.78 is 7.06. The van der Waals surface area contributed by atoms with Crippen LogP contribution in [0.1, 0.15) is 17.2 Å². The van der Waals surface area contributed by atoms with E-state index >= 15 is 0 Å². The smallest absolute Gasteiger partial charge is 0.248 e. The van der Waals surface area contributed by atoms with Gasteiger partial charge in [-0.15, -0.1) is 0 Å². The number of benzene rings is 3. The minimum atomic E-state index is -0.101. The van der Waals surface area contributed by atoms with E-state index < -0.39 is 0 Å². The summed E-state index contributed by atoms with van der Waals surface area (Å²) >= 11 is 0. The van der Waals surface area contributed by atoms with E-state index in [-0.39, 0.29) is 6.04 Å².